The van der Waals surface area contributed by atoms with Crippen molar-refractivity contribution in [2.24, 2.45) is 0 Å². The fourth-order valence-corrected chi connectivity index (χ4v) is 2.67. The molecule has 0 fully saturated rings. The lowest BCUT2D eigenvalue weighted by molar-refractivity contribution is -0.384. The molecule has 0 bridgehead atoms. The Morgan fingerprint density at radius 3 is 2.67 bits per heavy atom. The van der Waals surface area contributed by atoms with E-state index in [2.05, 4.69) is 12.2 Å². The van der Waals surface area contributed by atoms with E-state index in [4.69, 9.17) is 21.1 Å². The molecule has 2 rings (SSSR count). The number of carbonyl (C=O) groups excluding carboxylic acids is 1. The molecule has 0 saturated heterocycles. The Bertz CT molecular complexity index is 1010. The largest absolute Gasteiger partial charge is 0.493 e. The zero-order chi connectivity index (χ0) is 22.1. The third-order valence-corrected chi connectivity index (χ3v) is 4.34. The van der Waals surface area contributed by atoms with E-state index in [0.717, 1.165) is 18.9 Å². The topological polar surface area (TPSA) is 114 Å². The first-order valence-corrected chi connectivity index (χ1v) is 9.45. The molecular weight excluding hydrogens is 410 g/mol. The lowest BCUT2D eigenvalue weighted by Gasteiger charge is -2.11. The van der Waals surface area contributed by atoms with E-state index >= 15 is 0 Å². The van der Waals surface area contributed by atoms with E-state index in [1.54, 1.807) is 18.2 Å². The van der Waals surface area contributed by atoms with Crippen LogP contribution in [0, 0.1) is 21.4 Å². The maximum Gasteiger partial charge on any atom is 0.271 e. The van der Waals surface area contributed by atoms with Gasteiger partial charge in [0.1, 0.15) is 11.6 Å². The highest BCUT2D eigenvalue weighted by atomic mass is 35.5. The number of hydrogen-bond donors (Lipinski definition) is 1. The molecule has 0 aromatic heterocycles. The van der Waals surface area contributed by atoms with Gasteiger partial charge in [0.25, 0.3) is 11.6 Å². The summed E-state index contributed by atoms with van der Waals surface area (Å²) >= 11 is 5.98. The van der Waals surface area contributed by atoms with Gasteiger partial charge >= 0.3 is 0 Å². The molecule has 2 aromatic carbocycles. The van der Waals surface area contributed by atoms with Crippen LogP contribution in [0.5, 0.6) is 11.5 Å². The number of nitro groups is 1. The van der Waals surface area contributed by atoms with Crippen LogP contribution in [-0.4, -0.2) is 24.5 Å². The van der Waals surface area contributed by atoms with Gasteiger partial charge in [-0.25, -0.2) is 0 Å². The van der Waals surface area contributed by atoms with Crippen LogP contribution in [0.1, 0.15) is 25.3 Å². The van der Waals surface area contributed by atoms with Crippen LogP contribution >= 0.6 is 11.6 Å². The lowest BCUT2D eigenvalue weighted by Crippen LogP contribution is -2.13. The molecule has 156 valence electrons. The minimum absolute atomic E-state index is 0.00918. The van der Waals surface area contributed by atoms with Gasteiger partial charge < -0.3 is 14.8 Å². The quantitative estimate of drug-likeness (QED) is 0.197. The predicted molar refractivity (Wildman–Crippen MR) is 114 cm³/mol. The van der Waals surface area contributed by atoms with Crippen molar-refractivity contribution in [1.29, 1.82) is 5.26 Å². The van der Waals surface area contributed by atoms with E-state index in [-0.39, 0.29) is 22.0 Å². The average Bonchev–Trinajstić information content (AvgIpc) is 2.73. The van der Waals surface area contributed by atoms with Crippen LogP contribution < -0.4 is 14.8 Å². The van der Waals surface area contributed by atoms with Crippen molar-refractivity contribution in [1.82, 2.24) is 0 Å². The number of anilines is 1. The molecular formula is C21H20ClN3O5. The summed E-state index contributed by atoms with van der Waals surface area (Å²) in [5.74, 6) is 0.357. The molecule has 2 aromatic rings. The van der Waals surface area contributed by atoms with Crippen LogP contribution in [0.4, 0.5) is 11.4 Å². The summed E-state index contributed by atoms with van der Waals surface area (Å²) in [5.41, 5.74) is 0.343. The molecule has 1 N–H and O–H groups in total. The highest BCUT2D eigenvalue weighted by Gasteiger charge is 2.15. The summed E-state index contributed by atoms with van der Waals surface area (Å²) in [5, 5.41) is 22.6. The summed E-state index contributed by atoms with van der Waals surface area (Å²) < 4.78 is 11.0. The molecule has 0 saturated carbocycles. The molecule has 0 aliphatic rings. The van der Waals surface area contributed by atoms with Gasteiger partial charge in [0.05, 0.1) is 29.4 Å². The molecule has 0 spiro atoms. The van der Waals surface area contributed by atoms with Crippen molar-refractivity contribution >= 4 is 35.0 Å². The Labute approximate surface area is 178 Å². The third-order valence-electron chi connectivity index (χ3n) is 4.03. The Hall–Kier alpha value is -3.57. The number of nitrogens with one attached hydrogen (secondary N) is 1. The lowest BCUT2D eigenvalue weighted by atomic mass is 10.1. The first kappa shape index (κ1) is 22.7. The average molecular weight is 430 g/mol. The number of rotatable bonds is 9. The second-order valence-corrected chi connectivity index (χ2v) is 6.56. The van der Waals surface area contributed by atoms with Gasteiger partial charge in [0.15, 0.2) is 11.5 Å². The molecule has 1 amide bonds. The zero-order valence-electron chi connectivity index (χ0n) is 16.5. The number of methoxy groups -OCH3 is 1. The number of non-ortho nitro benzene ring substituents is 1. The highest BCUT2D eigenvalue weighted by molar-refractivity contribution is 6.34. The summed E-state index contributed by atoms with van der Waals surface area (Å²) in [6.07, 6.45) is 3.31. The van der Waals surface area contributed by atoms with E-state index in [0.29, 0.717) is 23.7 Å². The van der Waals surface area contributed by atoms with E-state index in [9.17, 15) is 20.2 Å². The molecule has 9 heteroatoms. The fraction of sp³-hybridized carbons (Fsp3) is 0.238. The SMILES string of the molecule is CCCCOc1ccc(C=C(C#N)C(=O)Nc2ccc([N+](=O)[O-])cc2Cl)cc1OC. The minimum Gasteiger partial charge on any atom is -0.493 e. The molecule has 0 atom stereocenters. The Morgan fingerprint density at radius 2 is 2.07 bits per heavy atom. The van der Waals surface area contributed by atoms with E-state index in [1.807, 2.05) is 6.07 Å². The number of nitro benzene ring substituents is 1. The number of amides is 1. The second-order valence-electron chi connectivity index (χ2n) is 6.16. The first-order valence-electron chi connectivity index (χ1n) is 9.07. The number of halogens is 1. The van der Waals surface area contributed by atoms with Gasteiger partial charge in [-0.15, -0.1) is 0 Å². The summed E-state index contributed by atoms with van der Waals surface area (Å²) in [4.78, 5) is 22.7. The van der Waals surface area contributed by atoms with Crippen molar-refractivity contribution < 1.29 is 19.2 Å². The number of hydrogen-bond acceptors (Lipinski definition) is 6. The van der Waals surface area contributed by atoms with Crippen molar-refractivity contribution in [3.63, 3.8) is 0 Å². The van der Waals surface area contributed by atoms with Crippen molar-refractivity contribution in [2.45, 2.75) is 19.8 Å². The molecule has 8 nitrogen and oxygen atoms in total. The van der Waals surface area contributed by atoms with Crippen LogP contribution in [0.15, 0.2) is 42.0 Å². The zero-order valence-corrected chi connectivity index (χ0v) is 17.2. The van der Waals surface area contributed by atoms with Crippen molar-refractivity contribution in [2.75, 3.05) is 19.0 Å². The summed E-state index contributed by atoms with van der Waals surface area (Å²) in [6.45, 7) is 2.62. The van der Waals surface area contributed by atoms with Crippen molar-refractivity contribution in [3.8, 4) is 17.6 Å². The van der Waals surface area contributed by atoms with Gasteiger partial charge in [-0.05, 0) is 36.3 Å². The third kappa shape index (κ3) is 5.96. The van der Waals surface area contributed by atoms with Crippen LogP contribution in [0.2, 0.25) is 5.02 Å². The monoisotopic (exact) mass is 429 g/mol. The van der Waals surface area contributed by atoms with E-state index < -0.39 is 10.8 Å². The number of nitrogens with zero attached hydrogens (tertiary/aromatic N) is 2. The molecule has 0 radical (unpaired) electrons. The summed E-state index contributed by atoms with van der Waals surface area (Å²) in [6, 6.07) is 10.5. The number of carbonyl (C=O) groups is 1. The maximum atomic E-state index is 12.5. The van der Waals surface area contributed by atoms with E-state index in [1.165, 1.54) is 25.3 Å². The standard InChI is InChI=1S/C21H20ClN3O5/c1-3-4-9-30-19-8-5-14(11-20(19)29-2)10-15(13-23)21(26)24-18-7-6-16(25(27)28)12-17(18)22/h5-8,10-12H,3-4,9H2,1-2H3,(H,24,26). The number of benzene rings is 2. The van der Waals surface area contributed by atoms with Crippen molar-refractivity contribution in [3.05, 3.63) is 62.7 Å². The Kier molecular flexibility index (Phi) is 8.20. The van der Waals surface area contributed by atoms with Crippen LogP contribution in [0.3, 0.4) is 0 Å². The number of unbranched alkanes of at least 4 members (excludes halogenated alkanes) is 1. The smallest absolute Gasteiger partial charge is 0.271 e. The highest BCUT2D eigenvalue weighted by Crippen LogP contribution is 2.30. The van der Waals surface area contributed by atoms with Gasteiger partial charge in [-0.3, -0.25) is 14.9 Å². The molecule has 0 aliphatic carbocycles. The molecule has 30 heavy (non-hydrogen) atoms. The minimum atomic E-state index is -0.699. The van der Waals surface area contributed by atoms with Crippen LogP contribution in [-0.2, 0) is 4.79 Å². The summed E-state index contributed by atoms with van der Waals surface area (Å²) in [7, 11) is 1.50. The Morgan fingerprint density at radius 1 is 1.30 bits per heavy atom. The first-order chi connectivity index (χ1) is 14.4. The fourth-order valence-electron chi connectivity index (χ4n) is 2.44. The molecule has 0 unspecified atom stereocenters. The molecule has 0 aliphatic heterocycles. The second kappa shape index (κ2) is 10.8. The van der Waals surface area contributed by atoms with Gasteiger partial charge in [-0.1, -0.05) is 31.0 Å². The molecule has 0 heterocycles. The normalized spacial score (nSPS) is 10.8. The Balaban J connectivity index is 2.21. The van der Waals surface area contributed by atoms with Gasteiger partial charge in [-0.2, -0.15) is 5.26 Å². The van der Waals surface area contributed by atoms with Gasteiger partial charge in [0.2, 0.25) is 0 Å². The maximum absolute atomic E-state index is 12.5. The predicted octanol–water partition coefficient (Wildman–Crippen LogP) is 4.98. The number of ether oxygens (including phenoxy) is 2. The number of nitriles is 1. The van der Waals surface area contributed by atoms with Gasteiger partial charge in [0, 0.05) is 12.1 Å². The van der Waals surface area contributed by atoms with Crippen LogP contribution in [0.25, 0.3) is 6.08 Å².